The van der Waals surface area contributed by atoms with Crippen molar-refractivity contribution in [3.8, 4) is 0 Å². The van der Waals surface area contributed by atoms with E-state index >= 15 is 0 Å². The normalized spacial score (nSPS) is 10.9. The monoisotopic (exact) mass is 313 g/mol. The molecule has 0 aliphatic heterocycles. The molecule has 0 fully saturated rings. The van der Waals surface area contributed by atoms with Crippen LogP contribution in [0, 0.1) is 5.82 Å². The van der Waals surface area contributed by atoms with E-state index in [1.165, 1.54) is 21.3 Å². The topological polar surface area (TPSA) is 56.0 Å². The predicted molar refractivity (Wildman–Crippen MR) is 85.4 cm³/mol. The maximum absolute atomic E-state index is 13.1. The molecule has 0 unspecified atom stereocenters. The van der Waals surface area contributed by atoms with E-state index in [1.54, 1.807) is 25.2 Å². The van der Waals surface area contributed by atoms with E-state index in [0.717, 1.165) is 5.52 Å². The summed E-state index contributed by atoms with van der Waals surface area (Å²) in [6, 6.07) is 13.3. The summed E-state index contributed by atoms with van der Waals surface area (Å²) in [5, 5.41) is 2.70. The summed E-state index contributed by atoms with van der Waals surface area (Å²) in [7, 11) is 1.67. The first-order chi connectivity index (χ1) is 11.1. The standard InChI is InChI=1S/C17H16FN3O2/c1-20-14-7-2-3-8-15(14)21(17(20)23)11-16(22)19-10-12-5-4-6-13(18)9-12/h2-9H,10-11H2,1H3,(H,19,22). The van der Waals surface area contributed by atoms with Crippen molar-refractivity contribution in [2.24, 2.45) is 7.05 Å². The molecule has 5 nitrogen and oxygen atoms in total. The molecule has 118 valence electrons. The highest BCUT2D eigenvalue weighted by atomic mass is 19.1. The molecule has 2 aromatic carbocycles. The van der Waals surface area contributed by atoms with Crippen molar-refractivity contribution in [1.82, 2.24) is 14.5 Å². The van der Waals surface area contributed by atoms with Crippen LogP contribution >= 0.6 is 0 Å². The predicted octanol–water partition coefficient (Wildman–Crippen LogP) is 1.80. The number of aryl methyl sites for hydroxylation is 1. The first-order valence-corrected chi connectivity index (χ1v) is 7.21. The van der Waals surface area contributed by atoms with E-state index in [1.807, 2.05) is 18.2 Å². The number of hydrogen-bond acceptors (Lipinski definition) is 2. The Hall–Kier alpha value is -2.89. The highest BCUT2D eigenvalue weighted by Gasteiger charge is 2.12. The minimum atomic E-state index is -0.345. The molecule has 1 N–H and O–H groups in total. The number of amides is 1. The highest BCUT2D eigenvalue weighted by Crippen LogP contribution is 2.11. The van der Waals surface area contributed by atoms with Crippen LogP contribution in [0.15, 0.2) is 53.3 Å². The number of aromatic nitrogens is 2. The van der Waals surface area contributed by atoms with Gasteiger partial charge in [-0.3, -0.25) is 13.9 Å². The highest BCUT2D eigenvalue weighted by molar-refractivity contribution is 5.80. The SMILES string of the molecule is Cn1c(=O)n(CC(=O)NCc2cccc(F)c2)c2ccccc21. The van der Waals surface area contributed by atoms with Gasteiger partial charge in [-0.1, -0.05) is 24.3 Å². The number of para-hydroxylation sites is 2. The molecular weight excluding hydrogens is 297 g/mol. The molecule has 0 radical (unpaired) electrons. The second-order valence-electron chi connectivity index (χ2n) is 5.32. The van der Waals surface area contributed by atoms with Gasteiger partial charge >= 0.3 is 5.69 Å². The zero-order chi connectivity index (χ0) is 16.4. The first-order valence-electron chi connectivity index (χ1n) is 7.21. The minimum absolute atomic E-state index is 0.0739. The summed E-state index contributed by atoms with van der Waals surface area (Å²) >= 11 is 0. The van der Waals surface area contributed by atoms with Crippen LogP contribution in [0.5, 0.6) is 0 Å². The van der Waals surface area contributed by atoms with Gasteiger partial charge in [-0.05, 0) is 29.8 Å². The molecule has 0 aliphatic carbocycles. The molecule has 0 bridgehead atoms. The maximum atomic E-state index is 13.1. The van der Waals surface area contributed by atoms with Crippen molar-refractivity contribution in [2.45, 2.75) is 13.1 Å². The summed E-state index contributed by atoms with van der Waals surface area (Å²) in [5.41, 5.74) is 1.91. The van der Waals surface area contributed by atoms with Crippen LogP contribution in [0.25, 0.3) is 11.0 Å². The fraction of sp³-hybridized carbons (Fsp3) is 0.176. The van der Waals surface area contributed by atoms with Gasteiger partial charge in [0.1, 0.15) is 12.4 Å². The van der Waals surface area contributed by atoms with E-state index in [2.05, 4.69) is 5.32 Å². The Balaban J connectivity index is 1.76. The van der Waals surface area contributed by atoms with E-state index in [-0.39, 0.29) is 30.5 Å². The molecule has 3 rings (SSSR count). The molecule has 1 heterocycles. The minimum Gasteiger partial charge on any atom is -0.350 e. The van der Waals surface area contributed by atoms with Crippen LogP contribution in [0.3, 0.4) is 0 Å². The quantitative estimate of drug-likeness (QED) is 0.798. The van der Waals surface area contributed by atoms with Gasteiger partial charge in [0.2, 0.25) is 5.91 Å². The van der Waals surface area contributed by atoms with Crippen molar-refractivity contribution in [3.63, 3.8) is 0 Å². The number of halogens is 1. The second-order valence-corrected chi connectivity index (χ2v) is 5.32. The molecular formula is C17H16FN3O2. The number of fused-ring (bicyclic) bond motifs is 1. The molecule has 1 amide bonds. The lowest BCUT2D eigenvalue weighted by molar-refractivity contribution is -0.121. The zero-order valence-electron chi connectivity index (χ0n) is 12.6. The van der Waals surface area contributed by atoms with Gasteiger partial charge in [-0.25, -0.2) is 9.18 Å². The molecule has 0 saturated heterocycles. The lowest BCUT2D eigenvalue weighted by atomic mass is 10.2. The van der Waals surface area contributed by atoms with Crippen LogP contribution in [0.1, 0.15) is 5.56 Å². The Bertz CT molecular complexity index is 927. The second kappa shape index (κ2) is 6.08. The van der Waals surface area contributed by atoms with Crippen LogP contribution in [-0.4, -0.2) is 15.0 Å². The van der Waals surface area contributed by atoms with Crippen molar-refractivity contribution < 1.29 is 9.18 Å². The Morgan fingerprint density at radius 2 is 1.87 bits per heavy atom. The van der Waals surface area contributed by atoms with Gasteiger partial charge in [0.15, 0.2) is 0 Å². The van der Waals surface area contributed by atoms with Crippen LogP contribution < -0.4 is 11.0 Å². The average molecular weight is 313 g/mol. The molecule has 6 heteroatoms. The van der Waals surface area contributed by atoms with Gasteiger partial charge in [0.25, 0.3) is 0 Å². The number of nitrogens with zero attached hydrogens (tertiary/aromatic N) is 2. The molecule has 23 heavy (non-hydrogen) atoms. The number of imidazole rings is 1. The molecule has 3 aromatic rings. The number of hydrogen-bond donors (Lipinski definition) is 1. The number of carbonyl (C=O) groups is 1. The third-order valence-electron chi connectivity index (χ3n) is 3.73. The number of benzene rings is 2. The fourth-order valence-electron chi connectivity index (χ4n) is 2.56. The van der Waals surface area contributed by atoms with Crippen LogP contribution in [0.4, 0.5) is 4.39 Å². The van der Waals surface area contributed by atoms with Crippen LogP contribution in [0.2, 0.25) is 0 Å². The summed E-state index contributed by atoms with van der Waals surface area (Å²) < 4.78 is 16.0. The molecule has 0 saturated carbocycles. The van der Waals surface area contributed by atoms with Crippen LogP contribution in [-0.2, 0) is 24.9 Å². The third-order valence-corrected chi connectivity index (χ3v) is 3.73. The van der Waals surface area contributed by atoms with Gasteiger partial charge in [-0.2, -0.15) is 0 Å². The van der Waals surface area contributed by atoms with Gasteiger partial charge < -0.3 is 5.32 Å². The lowest BCUT2D eigenvalue weighted by Gasteiger charge is -2.06. The van der Waals surface area contributed by atoms with Gasteiger partial charge in [-0.15, -0.1) is 0 Å². The Morgan fingerprint density at radius 1 is 1.13 bits per heavy atom. The van der Waals surface area contributed by atoms with E-state index in [4.69, 9.17) is 0 Å². The zero-order valence-corrected chi connectivity index (χ0v) is 12.6. The first kappa shape index (κ1) is 15.0. The molecule has 0 aliphatic rings. The van der Waals surface area contributed by atoms with Crippen molar-refractivity contribution >= 4 is 16.9 Å². The number of nitrogens with one attached hydrogen (secondary N) is 1. The average Bonchev–Trinajstić information content (AvgIpc) is 2.79. The summed E-state index contributed by atoms with van der Waals surface area (Å²) in [6.07, 6.45) is 0. The van der Waals surface area contributed by atoms with E-state index in [9.17, 15) is 14.0 Å². The van der Waals surface area contributed by atoms with Crippen molar-refractivity contribution in [1.29, 1.82) is 0 Å². The Morgan fingerprint density at radius 3 is 2.61 bits per heavy atom. The largest absolute Gasteiger partial charge is 0.350 e. The Kier molecular flexibility index (Phi) is 3.97. The number of carbonyl (C=O) groups excluding carboxylic acids is 1. The fourth-order valence-corrected chi connectivity index (χ4v) is 2.56. The van der Waals surface area contributed by atoms with Gasteiger partial charge in [0, 0.05) is 13.6 Å². The summed E-state index contributed by atoms with van der Waals surface area (Å²) in [5.74, 6) is -0.644. The molecule has 0 atom stereocenters. The van der Waals surface area contributed by atoms with Gasteiger partial charge in [0.05, 0.1) is 11.0 Å². The molecule has 1 aromatic heterocycles. The smallest absolute Gasteiger partial charge is 0.329 e. The molecule has 0 spiro atoms. The third kappa shape index (κ3) is 3.01. The van der Waals surface area contributed by atoms with Crippen molar-refractivity contribution in [2.75, 3.05) is 0 Å². The lowest BCUT2D eigenvalue weighted by Crippen LogP contribution is -2.32. The number of rotatable bonds is 4. The van der Waals surface area contributed by atoms with E-state index in [0.29, 0.717) is 11.1 Å². The van der Waals surface area contributed by atoms with E-state index < -0.39 is 0 Å². The summed E-state index contributed by atoms with van der Waals surface area (Å²) in [6.45, 7) is 0.144. The summed E-state index contributed by atoms with van der Waals surface area (Å²) in [4.78, 5) is 24.3. The van der Waals surface area contributed by atoms with Crippen molar-refractivity contribution in [3.05, 3.63) is 70.4 Å². The Labute approximate surface area is 132 Å². The maximum Gasteiger partial charge on any atom is 0.329 e.